The van der Waals surface area contributed by atoms with Gasteiger partial charge in [0.2, 0.25) is 0 Å². The molecule has 3 aromatic rings. The number of morpholine rings is 1. The fourth-order valence-corrected chi connectivity index (χ4v) is 3.76. The summed E-state index contributed by atoms with van der Waals surface area (Å²) in [5, 5.41) is 8.16. The van der Waals surface area contributed by atoms with Crippen molar-refractivity contribution in [3.05, 3.63) is 54.0 Å². The molecule has 0 radical (unpaired) electrons. The van der Waals surface area contributed by atoms with Crippen LogP contribution in [0.3, 0.4) is 0 Å². The van der Waals surface area contributed by atoms with Crippen LogP contribution >= 0.6 is 0 Å². The van der Waals surface area contributed by atoms with Crippen LogP contribution in [-0.4, -0.2) is 71.3 Å². The van der Waals surface area contributed by atoms with Gasteiger partial charge in [-0.15, -0.1) is 0 Å². The van der Waals surface area contributed by atoms with Crippen LogP contribution in [0.4, 0.5) is 0 Å². The minimum atomic E-state index is 0.801. The fraction of sp³-hybridized carbons (Fsp3) is 0.381. The lowest BCUT2D eigenvalue weighted by Gasteiger charge is -2.25. The number of aliphatic imine (C=N–C) groups is 1. The average molecular weight is 376 g/mol. The van der Waals surface area contributed by atoms with Crippen molar-refractivity contribution >= 4 is 11.5 Å². The summed E-state index contributed by atoms with van der Waals surface area (Å²) in [5.41, 5.74) is 4.16. The number of aromatic nitrogens is 3. The molecule has 2 aromatic heterocycles. The van der Waals surface area contributed by atoms with Gasteiger partial charge in [0.25, 0.3) is 0 Å². The van der Waals surface area contributed by atoms with E-state index in [1.165, 1.54) is 0 Å². The first-order valence-electron chi connectivity index (χ1n) is 9.90. The molecule has 1 fully saturated rings. The minimum Gasteiger partial charge on any atom is -0.379 e. The summed E-state index contributed by atoms with van der Waals surface area (Å²) in [6.07, 6.45) is 2.90. The Morgan fingerprint density at radius 2 is 1.93 bits per heavy atom. The molecule has 1 N–H and O–H groups in total. The molecule has 0 bridgehead atoms. The van der Waals surface area contributed by atoms with Crippen LogP contribution in [0.15, 0.2) is 47.6 Å². The number of pyridine rings is 1. The number of nitrogens with one attached hydrogen (secondary N) is 1. The molecule has 2 aliphatic rings. The zero-order valence-corrected chi connectivity index (χ0v) is 15.8. The third-order valence-electron chi connectivity index (χ3n) is 5.27. The first kappa shape index (κ1) is 17.3. The van der Waals surface area contributed by atoms with Gasteiger partial charge in [-0.05, 0) is 11.6 Å². The highest BCUT2D eigenvalue weighted by Gasteiger charge is 2.18. The summed E-state index contributed by atoms with van der Waals surface area (Å²) in [5.74, 6) is 1.78. The maximum Gasteiger partial charge on any atom is 0.166 e. The standard InChI is InChI=1S/C21H24N6O/c1-2-4-16(5-3-1)17-14-18(20-22-7-8-23-20)21-24-19(25-27(21)15-17)6-9-26-10-12-28-13-11-26/h1-5,14-15H,6-13H2,(H,22,23). The van der Waals surface area contributed by atoms with Crippen molar-refractivity contribution in [3.8, 4) is 11.1 Å². The third-order valence-corrected chi connectivity index (χ3v) is 5.27. The molecule has 1 aromatic carbocycles. The lowest BCUT2D eigenvalue weighted by molar-refractivity contribution is 0.0382. The van der Waals surface area contributed by atoms with E-state index in [1.807, 2.05) is 10.6 Å². The van der Waals surface area contributed by atoms with Gasteiger partial charge in [0.05, 0.1) is 25.3 Å². The van der Waals surface area contributed by atoms with Gasteiger partial charge >= 0.3 is 0 Å². The van der Waals surface area contributed by atoms with Crippen molar-refractivity contribution < 1.29 is 4.74 Å². The molecule has 0 amide bonds. The van der Waals surface area contributed by atoms with Crippen molar-refractivity contribution in [1.29, 1.82) is 0 Å². The Bertz CT molecular complexity index is 991. The zero-order valence-electron chi connectivity index (χ0n) is 15.8. The maximum atomic E-state index is 5.43. The molecule has 7 nitrogen and oxygen atoms in total. The van der Waals surface area contributed by atoms with Gasteiger partial charge in [-0.1, -0.05) is 30.3 Å². The van der Waals surface area contributed by atoms with E-state index in [0.29, 0.717) is 0 Å². The largest absolute Gasteiger partial charge is 0.379 e. The van der Waals surface area contributed by atoms with Crippen LogP contribution in [0, 0.1) is 0 Å². The number of nitrogens with zero attached hydrogens (tertiary/aromatic N) is 5. The molecular formula is C21H24N6O. The van der Waals surface area contributed by atoms with Crippen molar-refractivity contribution in [2.75, 3.05) is 45.9 Å². The molecule has 0 aliphatic carbocycles. The second kappa shape index (κ2) is 7.69. The van der Waals surface area contributed by atoms with E-state index in [-0.39, 0.29) is 0 Å². The van der Waals surface area contributed by atoms with Crippen LogP contribution in [0.2, 0.25) is 0 Å². The third kappa shape index (κ3) is 3.50. The first-order valence-corrected chi connectivity index (χ1v) is 9.90. The van der Waals surface area contributed by atoms with Gasteiger partial charge in [-0.2, -0.15) is 5.10 Å². The second-order valence-corrected chi connectivity index (χ2v) is 7.17. The number of benzene rings is 1. The first-order chi connectivity index (χ1) is 13.9. The van der Waals surface area contributed by atoms with Crippen LogP contribution in [0.25, 0.3) is 16.8 Å². The summed E-state index contributed by atoms with van der Waals surface area (Å²) in [4.78, 5) is 11.9. The maximum absolute atomic E-state index is 5.43. The van der Waals surface area contributed by atoms with E-state index >= 15 is 0 Å². The van der Waals surface area contributed by atoms with Gasteiger partial charge in [-0.3, -0.25) is 9.89 Å². The van der Waals surface area contributed by atoms with E-state index in [0.717, 1.165) is 86.4 Å². The number of amidine groups is 1. The molecule has 1 saturated heterocycles. The topological polar surface area (TPSA) is 67.0 Å². The molecule has 0 unspecified atom stereocenters. The summed E-state index contributed by atoms with van der Waals surface area (Å²) >= 11 is 0. The molecule has 0 atom stereocenters. The highest BCUT2D eigenvalue weighted by atomic mass is 16.5. The SMILES string of the molecule is c1ccc(-c2cc(C3=NCCN3)c3nc(CCN4CCOCC4)nn3c2)cc1. The van der Waals surface area contributed by atoms with E-state index in [1.54, 1.807) is 0 Å². The number of rotatable bonds is 5. The van der Waals surface area contributed by atoms with E-state index in [9.17, 15) is 0 Å². The van der Waals surface area contributed by atoms with Crippen molar-refractivity contribution in [2.45, 2.75) is 6.42 Å². The van der Waals surface area contributed by atoms with Gasteiger partial charge < -0.3 is 10.1 Å². The van der Waals surface area contributed by atoms with Gasteiger partial charge in [-0.25, -0.2) is 9.50 Å². The highest BCUT2D eigenvalue weighted by Crippen LogP contribution is 2.23. The number of fused-ring (bicyclic) bond motifs is 1. The lowest BCUT2D eigenvalue weighted by Crippen LogP contribution is -2.37. The van der Waals surface area contributed by atoms with Gasteiger partial charge in [0, 0.05) is 44.4 Å². The predicted octanol–water partition coefficient (Wildman–Crippen LogP) is 1.62. The average Bonchev–Trinajstić information content (AvgIpc) is 3.43. The molecule has 28 heavy (non-hydrogen) atoms. The Kier molecular flexibility index (Phi) is 4.76. The van der Waals surface area contributed by atoms with E-state index in [4.69, 9.17) is 14.8 Å². The Balaban J connectivity index is 1.50. The summed E-state index contributed by atoms with van der Waals surface area (Å²) in [6, 6.07) is 12.5. The predicted molar refractivity (Wildman–Crippen MR) is 109 cm³/mol. The van der Waals surface area contributed by atoms with Crippen molar-refractivity contribution in [3.63, 3.8) is 0 Å². The smallest absolute Gasteiger partial charge is 0.166 e. The summed E-state index contributed by atoms with van der Waals surface area (Å²) in [7, 11) is 0. The lowest BCUT2D eigenvalue weighted by atomic mass is 10.1. The highest BCUT2D eigenvalue weighted by molar-refractivity contribution is 6.05. The number of hydrogen-bond donors (Lipinski definition) is 1. The number of hydrogen-bond acceptors (Lipinski definition) is 6. The molecule has 2 aliphatic heterocycles. The van der Waals surface area contributed by atoms with Crippen molar-refractivity contribution in [2.24, 2.45) is 4.99 Å². The quantitative estimate of drug-likeness (QED) is 0.733. The molecule has 4 heterocycles. The van der Waals surface area contributed by atoms with E-state index < -0.39 is 0 Å². The monoisotopic (exact) mass is 376 g/mol. The van der Waals surface area contributed by atoms with Crippen LogP contribution in [0.5, 0.6) is 0 Å². The molecular weight excluding hydrogens is 352 g/mol. The molecule has 144 valence electrons. The Hall–Kier alpha value is -2.77. The molecule has 0 saturated carbocycles. The van der Waals surface area contributed by atoms with Crippen molar-refractivity contribution in [1.82, 2.24) is 24.8 Å². The minimum absolute atomic E-state index is 0.801. The van der Waals surface area contributed by atoms with Crippen LogP contribution in [-0.2, 0) is 11.2 Å². The molecule has 5 rings (SSSR count). The zero-order chi connectivity index (χ0) is 18.8. The van der Waals surface area contributed by atoms with E-state index in [2.05, 4.69) is 51.7 Å². The Morgan fingerprint density at radius 3 is 2.71 bits per heavy atom. The summed E-state index contributed by atoms with van der Waals surface area (Å²) < 4.78 is 7.34. The summed E-state index contributed by atoms with van der Waals surface area (Å²) in [6.45, 7) is 6.23. The molecule has 7 heteroatoms. The normalized spacial score (nSPS) is 17.6. The van der Waals surface area contributed by atoms with Gasteiger partial charge in [0.15, 0.2) is 11.5 Å². The molecule has 0 spiro atoms. The van der Waals surface area contributed by atoms with Gasteiger partial charge in [0.1, 0.15) is 5.84 Å². The second-order valence-electron chi connectivity index (χ2n) is 7.17. The Morgan fingerprint density at radius 1 is 1.07 bits per heavy atom. The number of ether oxygens (including phenoxy) is 1. The fourth-order valence-electron chi connectivity index (χ4n) is 3.76. The van der Waals surface area contributed by atoms with Crippen LogP contribution < -0.4 is 5.32 Å². The van der Waals surface area contributed by atoms with Crippen LogP contribution in [0.1, 0.15) is 11.4 Å². The Labute approximate surface area is 164 Å².